The summed E-state index contributed by atoms with van der Waals surface area (Å²) >= 11 is 0. The average molecular weight is 202 g/mol. The Kier molecular flexibility index (Phi) is 2.21. The Labute approximate surface area is 86.4 Å². The van der Waals surface area contributed by atoms with Crippen molar-refractivity contribution in [2.24, 2.45) is 0 Å². The summed E-state index contributed by atoms with van der Waals surface area (Å²) in [6.45, 7) is 1.85. The van der Waals surface area contributed by atoms with E-state index >= 15 is 0 Å². The topological polar surface area (TPSA) is 84.7 Å². The molecule has 0 aliphatic heterocycles. The van der Waals surface area contributed by atoms with E-state index in [2.05, 4.69) is 15.0 Å². The number of carbonyl (C=O) groups is 1. The summed E-state index contributed by atoms with van der Waals surface area (Å²) in [6, 6.07) is 1.70. The number of anilines is 1. The summed E-state index contributed by atoms with van der Waals surface area (Å²) in [5.41, 5.74) is 6.89. The van der Waals surface area contributed by atoms with Crippen molar-refractivity contribution in [3.63, 3.8) is 0 Å². The highest BCUT2D eigenvalue weighted by Gasteiger charge is 2.15. The minimum absolute atomic E-state index is 0.224. The lowest BCUT2D eigenvalue weighted by atomic mass is 10.1. The van der Waals surface area contributed by atoms with Crippen LogP contribution in [0.5, 0.6) is 0 Å². The van der Waals surface area contributed by atoms with Crippen LogP contribution in [0.25, 0.3) is 0 Å². The first-order valence-corrected chi connectivity index (χ1v) is 4.44. The van der Waals surface area contributed by atoms with Crippen molar-refractivity contribution < 1.29 is 4.79 Å². The molecule has 0 radical (unpaired) electrons. The maximum atomic E-state index is 11.9. The normalized spacial score (nSPS) is 10.2. The molecule has 0 amide bonds. The number of nitrogens with one attached hydrogen (secondary N) is 1. The quantitative estimate of drug-likeness (QED) is 0.709. The van der Waals surface area contributed by atoms with E-state index in [1.165, 1.54) is 6.20 Å². The van der Waals surface area contributed by atoms with Crippen LogP contribution in [-0.4, -0.2) is 20.7 Å². The Morgan fingerprint density at radius 2 is 2.27 bits per heavy atom. The first-order valence-electron chi connectivity index (χ1n) is 4.44. The van der Waals surface area contributed by atoms with E-state index in [0.29, 0.717) is 5.56 Å². The van der Waals surface area contributed by atoms with Crippen molar-refractivity contribution in [1.29, 1.82) is 0 Å². The van der Waals surface area contributed by atoms with Crippen molar-refractivity contribution in [1.82, 2.24) is 15.0 Å². The zero-order valence-corrected chi connectivity index (χ0v) is 8.19. The zero-order chi connectivity index (χ0) is 10.8. The molecule has 15 heavy (non-hydrogen) atoms. The number of nitrogens with zero attached hydrogens (tertiary/aromatic N) is 2. The van der Waals surface area contributed by atoms with Crippen LogP contribution in [0, 0.1) is 6.92 Å². The van der Waals surface area contributed by atoms with Crippen molar-refractivity contribution in [3.8, 4) is 0 Å². The monoisotopic (exact) mass is 202 g/mol. The number of ketones is 1. The fraction of sp³-hybridized carbons (Fsp3) is 0.100. The third kappa shape index (κ3) is 1.71. The Bertz CT molecular complexity index is 490. The van der Waals surface area contributed by atoms with E-state index in [4.69, 9.17) is 5.73 Å². The van der Waals surface area contributed by atoms with Crippen molar-refractivity contribution >= 4 is 11.6 Å². The summed E-state index contributed by atoms with van der Waals surface area (Å²) in [6.07, 6.45) is 4.73. The number of imidazole rings is 1. The summed E-state index contributed by atoms with van der Waals surface area (Å²) in [4.78, 5) is 22.4. The lowest BCUT2D eigenvalue weighted by molar-refractivity contribution is 0.103. The molecule has 76 valence electrons. The predicted octanol–water partition coefficient (Wildman–Crippen LogP) is 0.926. The molecule has 2 aromatic rings. The second-order valence-corrected chi connectivity index (χ2v) is 3.21. The first-order chi connectivity index (χ1) is 7.18. The van der Waals surface area contributed by atoms with Gasteiger partial charge in [0.25, 0.3) is 0 Å². The van der Waals surface area contributed by atoms with Crippen LogP contribution in [-0.2, 0) is 0 Å². The largest absolute Gasteiger partial charge is 0.383 e. The van der Waals surface area contributed by atoms with Gasteiger partial charge in [0.1, 0.15) is 5.82 Å². The van der Waals surface area contributed by atoms with E-state index in [0.717, 1.165) is 5.56 Å². The number of H-pyrrole nitrogens is 1. The highest BCUT2D eigenvalue weighted by molar-refractivity contribution is 6.09. The van der Waals surface area contributed by atoms with Gasteiger partial charge in [-0.25, -0.2) is 9.97 Å². The van der Waals surface area contributed by atoms with Crippen LogP contribution >= 0.6 is 0 Å². The second kappa shape index (κ2) is 3.53. The molecule has 0 spiro atoms. The molecule has 0 aliphatic rings. The molecule has 0 unspecified atom stereocenters. The minimum atomic E-state index is -0.242. The molecule has 2 aromatic heterocycles. The van der Waals surface area contributed by atoms with Crippen LogP contribution in [0.4, 0.5) is 5.82 Å². The summed E-state index contributed by atoms with van der Waals surface area (Å²) in [7, 11) is 0. The number of hydrogen-bond acceptors (Lipinski definition) is 4. The molecule has 5 heteroatoms. The van der Waals surface area contributed by atoms with Gasteiger partial charge in [-0.1, -0.05) is 0 Å². The van der Waals surface area contributed by atoms with Gasteiger partial charge in [-0.05, 0) is 18.6 Å². The van der Waals surface area contributed by atoms with E-state index in [1.807, 2.05) is 6.92 Å². The molecule has 0 saturated heterocycles. The fourth-order valence-corrected chi connectivity index (χ4v) is 1.28. The number of aryl methyl sites for hydroxylation is 1. The smallest absolute Gasteiger partial charge is 0.231 e. The maximum absolute atomic E-state index is 11.9. The van der Waals surface area contributed by atoms with Gasteiger partial charge >= 0.3 is 0 Å². The SMILES string of the molecule is Cc1cnc(N)c(C(=O)c2ncc[nH]2)c1. The number of aromatic nitrogens is 3. The van der Waals surface area contributed by atoms with Gasteiger partial charge in [0, 0.05) is 18.6 Å². The minimum Gasteiger partial charge on any atom is -0.383 e. The van der Waals surface area contributed by atoms with Gasteiger partial charge in [-0.15, -0.1) is 0 Å². The second-order valence-electron chi connectivity index (χ2n) is 3.21. The van der Waals surface area contributed by atoms with Crippen LogP contribution in [0.1, 0.15) is 21.7 Å². The first kappa shape index (κ1) is 9.39. The number of rotatable bonds is 2. The Morgan fingerprint density at radius 1 is 1.47 bits per heavy atom. The fourth-order valence-electron chi connectivity index (χ4n) is 1.28. The van der Waals surface area contributed by atoms with Crippen molar-refractivity contribution in [2.45, 2.75) is 6.92 Å². The Hall–Kier alpha value is -2.17. The molecular formula is C10H10N4O. The molecule has 0 bridgehead atoms. The van der Waals surface area contributed by atoms with Crippen LogP contribution in [0.15, 0.2) is 24.7 Å². The highest BCUT2D eigenvalue weighted by atomic mass is 16.1. The molecule has 0 aromatic carbocycles. The Balaban J connectivity index is 2.46. The number of aromatic amines is 1. The van der Waals surface area contributed by atoms with Gasteiger partial charge in [0.2, 0.25) is 5.78 Å². The number of nitrogens with two attached hydrogens (primary N) is 1. The molecule has 0 atom stereocenters. The third-order valence-corrected chi connectivity index (χ3v) is 2.01. The van der Waals surface area contributed by atoms with Gasteiger partial charge in [0.05, 0.1) is 5.56 Å². The number of carbonyl (C=O) groups excluding carboxylic acids is 1. The summed E-state index contributed by atoms with van der Waals surface area (Å²) < 4.78 is 0. The summed E-state index contributed by atoms with van der Waals surface area (Å²) in [5, 5.41) is 0. The van der Waals surface area contributed by atoms with E-state index < -0.39 is 0 Å². The number of pyridine rings is 1. The van der Waals surface area contributed by atoms with E-state index in [9.17, 15) is 4.79 Å². The van der Waals surface area contributed by atoms with Gasteiger partial charge in [-0.2, -0.15) is 0 Å². The van der Waals surface area contributed by atoms with Crippen LogP contribution in [0.2, 0.25) is 0 Å². The molecule has 2 rings (SSSR count). The Morgan fingerprint density at radius 3 is 2.93 bits per heavy atom. The van der Waals surface area contributed by atoms with E-state index in [-0.39, 0.29) is 17.4 Å². The van der Waals surface area contributed by atoms with Crippen molar-refractivity contribution in [2.75, 3.05) is 5.73 Å². The lowest BCUT2D eigenvalue weighted by Gasteiger charge is -2.02. The van der Waals surface area contributed by atoms with Gasteiger partial charge < -0.3 is 10.7 Å². The van der Waals surface area contributed by atoms with Crippen LogP contribution < -0.4 is 5.73 Å². The zero-order valence-electron chi connectivity index (χ0n) is 8.19. The highest BCUT2D eigenvalue weighted by Crippen LogP contribution is 2.13. The molecule has 2 heterocycles. The lowest BCUT2D eigenvalue weighted by Crippen LogP contribution is -2.08. The van der Waals surface area contributed by atoms with Crippen molar-refractivity contribution in [3.05, 3.63) is 41.6 Å². The van der Waals surface area contributed by atoms with Gasteiger partial charge in [0.15, 0.2) is 5.82 Å². The molecule has 5 nitrogen and oxygen atoms in total. The average Bonchev–Trinajstić information content (AvgIpc) is 2.74. The summed E-state index contributed by atoms with van der Waals surface area (Å²) in [5.74, 6) is 0.254. The maximum Gasteiger partial charge on any atom is 0.231 e. The predicted molar refractivity (Wildman–Crippen MR) is 55.4 cm³/mol. The van der Waals surface area contributed by atoms with Crippen LogP contribution in [0.3, 0.4) is 0 Å². The molecule has 3 N–H and O–H groups in total. The standard InChI is InChI=1S/C10H10N4O/c1-6-4-7(9(11)14-5-6)8(15)10-12-2-3-13-10/h2-5H,1H3,(H2,11,14)(H,12,13). The molecular weight excluding hydrogens is 192 g/mol. The van der Waals surface area contributed by atoms with Gasteiger partial charge in [-0.3, -0.25) is 4.79 Å². The molecule has 0 saturated carbocycles. The number of hydrogen-bond donors (Lipinski definition) is 2. The molecule has 0 aliphatic carbocycles. The third-order valence-electron chi connectivity index (χ3n) is 2.01. The number of nitrogen functional groups attached to an aromatic ring is 1. The molecule has 0 fully saturated rings. The van der Waals surface area contributed by atoms with E-state index in [1.54, 1.807) is 18.5 Å².